The van der Waals surface area contributed by atoms with Crippen LogP contribution in [0.25, 0.3) is 11.0 Å². The number of carbonyl (C=O) groups excluding carboxylic acids is 1. The van der Waals surface area contributed by atoms with Gasteiger partial charge in [-0.25, -0.2) is 14.8 Å². The number of rotatable bonds is 9. The van der Waals surface area contributed by atoms with Gasteiger partial charge < -0.3 is 24.6 Å². The molecular weight excluding hydrogens is 450 g/mol. The number of nitrogens with zero attached hydrogens (tertiary/aromatic N) is 4. The molecule has 2 aromatic rings. The van der Waals surface area contributed by atoms with Gasteiger partial charge in [-0.15, -0.1) is 0 Å². The smallest absolute Gasteiger partial charge is 0.407 e. The van der Waals surface area contributed by atoms with Crippen LogP contribution in [-0.4, -0.2) is 70.2 Å². The van der Waals surface area contributed by atoms with Crippen molar-refractivity contribution in [3.63, 3.8) is 0 Å². The van der Waals surface area contributed by atoms with Gasteiger partial charge in [0.1, 0.15) is 24.5 Å². The number of hydrogen-bond acceptors (Lipinski definition) is 6. The van der Waals surface area contributed by atoms with Crippen molar-refractivity contribution in [2.75, 3.05) is 25.0 Å². The number of likely N-dealkylation sites (tertiary alicyclic amines) is 1. The molecule has 4 rings (SSSR count). The van der Waals surface area contributed by atoms with Crippen LogP contribution >= 0.6 is 0 Å². The molecule has 186 valence electrons. The number of fused-ring (bicyclic) bond motifs is 1. The van der Waals surface area contributed by atoms with E-state index in [4.69, 9.17) is 4.74 Å². The van der Waals surface area contributed by atoms with Gasteiger partial charge in [0.15, 0.2) is 5.78 Å². The minimum Gasteiger partial charge on any atom is -0.465 e. The molecular formula is C24H37N5O4Si. The Balaban J connectivity index is 1.62. The Labute approximate surface area is 201 Å². The highest BCUT2D eigenvalue weighted by Crippen LogP contribution is 2.34. The average Bonchev–Trinajstić information content (AvgIpc) is 3.45. The quantitative estimate of drug-likeness (QED) is 0.300. The summed E-state index contributed by atoms with van der Waals surface area (Å²) in [5.41, 5.74) is 1.32. The summed E-state index contributed by atoms with van der Waals surface area (Å²) in [7, 11) is -1.20. The molecule has 0 unspecified atom stereocenters. The van der Waals surface area contributed by atoms with Crippen molar-refractivity contribution in [2.45, 2.75) is 77.0 Å². The zero-order valence-electron chi connectivity index (χ0n) is 20.5. The highest BCUT2D eigenvalue weighted by molar-refractivity contribution is 6.76. The number of Topliss-reactive ketones (excluding diaryl/α,β-unsaturated/α-hetero) is 1. The van der Waals surface area contributed by atoms with Crippen LogP contribution in [-0.2, 0) is 11.5 Å². The predicted octanol–water partition coefficient (Wildman–Crippen LogP) is 4.67. The van der Waals surface area contributed by atoms with E-state index in [-0.39, 0.29) is 17.7 Å². The van der Waals surface area contributed by atoms with Crippen molar-refractivity contribution in [1.82, 2.24) is 19.4 Å². The van der Waals surface area contributed by atoms with E-state index in [1.54, 1.807) is 0 Å². The zero-order chi connectivity index (χ0) is 24.3. The Kier molecular flexibility index (Phi) is 7.56. The number of anilines is 1. The van der Waals surface area contributed by atoms with Gasteiger partial charge in [0.05, 0.1) is 5.39 Å². The third-order valence-electron chi connectivity index (χ3n) is 6.90. The van der Waals surface area contributed by atoms with E-state index in [9.17, 15) is 14.7 Å². The minimum absolute atomic E-state index is 0.0390. The van der Waals surface area contributed by atoms with Gasteiger partial charge in [0.25, 0.3) is 0 Å². The maximum atomic E-state index is 13.5. The number of carboxylic acid groups (broad SMARTS) is 1. The Morgan fingerprint density at radius 1 is 1.18 bits per heavy atom. The van der Waals surface area contributed by atoms with Crippen LogP contribution in [0.3, 0.4) is 0 Å². The highest BCUT2D eigenvalue weighted by Gasteiger charge is 2.30. The van der Waals surface area contributed by atoms with Gasteiger partial charge in [0.2, 0.25) is 0 Å². The normalized spacial score (nSPS) is 19.6. The number of ketones is 1. The zero-order valence-corrected chi connectivity index (χ0v) is 21.5. The minimum atomic E-state index is -1.20. The summed E-state index contributed by atoms with van der Waals surface area (Å²) in [6, 6.07) is 1.01. The van der Waals surface area contributed by atoms with E-state index in [0.29, 0.717) is 43.5 Å². The number of aromatic nitrogens is 3. The molecule has 1 aliphatic carbocycles. The molecule has 2 aliphatic rings. The first-order valence-corrected chi connectivity index (χ1v) is 16.1. The molecule has 2 N–H and O–H groups in total. The standard InChI is InChI=1S/C24H37N5O4Si/c1-34(2,3)12-11-33-16-29-14-19(21(30)17-7-4-5-8-17)20-22(25-15-26-23(20)29)27-18-9-6-10-28(13-18)24(31)32/h14-15,17-18H,4-13,16H2,1-3H3,(H,31,32)(H,25,26,27)/t18-/m1/s1. The van der Waals surface area contributed by atoms with E-state index in [1.165, 1.54) is 11.2 Å². The third-order valence-corrected chi connectivity index (χ3v) is 8.61. The second-order valence-corrected chi connectivity index (χ2v) is 16.5. The van der Waals surface area contributed by atoms with Crippen LogP contribution in [0.2, 0.25) is 25.7 Å². The first-order valence-electron chi connectivity index (χ1n) is 12.4. The maximum Gasteiger partial charge on any atom is 0.407 e. The van der Waals surface area contributed by atoms with Gasteiger partial charge in [-0.3, -0.25) is 4.79 Å². The van der Waals surface area contributed by atoms with E-state index in [0.717, 1.165) is 50.0 Å². The van der Waals surface area contributed by atoms with Crippen molar-refractivity contribution in [3.8, 4) is 0 Å². The average molecular weight is 488 g/mol. The summed E-state index contributed by atoms with van der Waals surface area (Å²) in [4.78, 5) is 35.4. The fourth-order valence-corrected chi connectivity index (χ4v) is 5.69. The molecule has 2 fully saturated rings. The molecule has 3 heterocycles. The monoisotopic (exact) mass is 487 g/mol. The lowest BCUT2D eigenvalue weighted by Gasteiger charge is -2.31. The number of amides is 1. The lowest BCUT2D eigenvalue weighted by molar-refractivity contribution is 0.0886. The van der Waals surface area contributed by atoms with Crippen LogP contribution in [0, 0.1) is 5.92 Å². The van der Waals surface area contributed by atoms with Crippen LogP contribution in [0.5, 0.6) is 0 Å². The molecule has 1 aliphatic heterocycles. The molecule has 1 atom stereocenters. The molecule has 0 aromatic carbocycles. The van der Waals surface area contributed by atoms with Crippen LogP contribution in [0.15, 0.2) is 12.5 Å². The first kappa shape index (κ1) is 24.7. The van der Waals surface area contributed by atoms with Crippen molar-refractivity contribution in [1.29, 1.82) is 0 Å². The molecule has 1 saturated heterocycles. The summed E-state index contributed by atoms with van der Waals surface area (Å²) >= 11 is 0. The topological polar surface area (TPSA) is 110 Å². The van der Waals surface area contributed by atoms with Crippen molar-refractivity contribution < 1.29 is 19.4 Å². The van der Waals surface area contributed by atoms with Crippen molar-refractivity contribution in [3.05, 3.63) is 18.1 Å². The van der Waals surface area contributed by atoms with Crippen LogP contribution < -0.4 is 5.32 Å². The lowest BCUT2D eigenvalue weighted by atomic mass is 9.96. The number of carbonyl (C=O) groups is 2. The SMILES string of the molecule is C[Si](C)(C)CCOCn1cc(C(=O)C2CCCC2)c2c(N[C@@H]3CCCN(C(=O)O)C3)ncnc21. The molecule has 0 bridgehead atoms. The third kappa shape index (κ3) is 5.78. The molecule has 9 nitrogen and oxygen atoms in total. The first-order chi connectivity index (χ1) is 16.2. The summed E-state index contributed by atoms with van der Waals surface area (Å²) in [6.07, 6.45) is 8.13. The Morgan fingerprint density at radius 2 is 1.94 bits per heavy atom. The second kappa shape index (κ2) is 10.4. The van der Waals surface area contributed by atoms with Gasteiger partial charge in [-0.1, -0.05) is 32.5 Å². The Hall–Kier alpha value is -2.46. The molecule has 1 amide bonds. The van der Waals surface area contributed by atoms with E-state index < -0.39 is 14.2 Å². The molecule has 1 saturated carbocycles. The Bertz CT molecular complexity index is 1030. The second-order valence-electron chi connectivity index (χ2n) is 10.8. The summed E-state index contributed by atoms with van der Waals surface area (Å²) in [6.45, 7) is 8.93. The van der Waals surface area contributed by atoms with Crippen molar-refractivity contribution in [2.24, 2.45) is 5.92 Å². The van der Waals surface area contributed by atoms with E-state index >= 15 is 0 Å². The van der Waals surface area contributed by atoms with E-state index in [1.807, 2.05) is 10.8 Å². The van der Waals surface area contributed by atoms with Crippen molar-refractivity contribution >= 4 is 36.8 Å². The van der Waals surface area contributed by atoms with Gasteiger partial charge in [-0.2, -0.15) is 0 Å². The number of ether oxygens (including phenoxy) is 1. The molecule has 2 aromatic heterocycles. The van der Waals surface area contributed by atoms with Gasteiger partial charge in [0, 0.05) is 51.5 Å². The molecule has 0 spiro atoms. The summed E-state index contributed by atoms with van der Waals surface area (Å²) in [5, 5.41) is 13.6. The number of hydrogen-bond donors (Lipinski definition) is 2. The largest absolute Gasteiger partial charge is 0.465 e. The highest BCUT2D eigenvalue weighted by atomic mass is 28.3. The fraction of sp³-hybridized carbons (Fsp3) is 0.667. The number of piperidine rings is 1. The van der Waals surface area contributed by atoms with Gasteiger partial charge >= 0.3 is 6.09 Å². The predicted molar refractivity (Wildman–Crippen MR) is 134 cm³/mol. The summed E-state index contributed by atoms with van der Waals surface area (Å²) in [5.74, 6) is 0.790. The van der Waals surface area contributed by atoms with Gasteiger partial charge in [-0.05, 0) is 31.7 Å². The fourth-order valence-electron chi connectivity index (χ4n) is 4.93. The van der Waals surface area contributed by atoms with E-state index in [2.05, 4.69) is 34.9 Å². The summed E-state index contributed by atoms with van der Waals surface area (Å²) < 4.78 is 7.90. The lowest BCUT2D eigenvalue weighted by Crippen LogP contribution is -2.44. The van der Waals surface area contributed by atoms with Crippen LogP contribution in [0.1, 0.15) is 48.9 Å². The van der Waals surface area contributed by atoms with Crippen LogP contribution in [0.4, 0.5) is 10.6 Å². The molecule has 34 heavy (non-hydrogen) atoms. The molecule has 0 radical (unpaired) electrons. The number of nitrogens with one attached hydrogen (secondary N) is 1. The molecule has 10 heteroatoms. The maximum absolute atomic E-state index is 13.5. The Morgan fingerprint density at radius 3 is 2.65 bits per heavy atom.